The molecule has 0 aliphatic carbocycles. The third-order valence-electron chi connectivity index (χ3n) is 4.93. The number of nitrogens with zero attached hydrogens (tertiary/aromatic N) is 2. The van der Waals surface area contributed by atoms with E-state index in [1.54, 1.807) is 0 Å². The Kier molecular flexibility index (Phi) is 4.18. The van der Waals surface area contributed by atoms with Crippen LogP contribution in [0.5, 0.6) is 0 Å². The van der Waals surface area contributed by atoms with Crippen LogP contribution in [0.4, 0.5) is 0 Å². The normalized spacial score (nSPS) is 15.2. The van der Waals surface area contributed by atoms with Crippen LogP contribution in [-0.2, 0) is 6.54 Å². The molecule has 3 nitrogen and oxygen atoms in total. The molecule has 1 aromatic heterocycles. The van der Waals surface area contributed by atoms with Gasteiger partial charge in [-0.3, -0.25) is 4.79 Å². The molecule has 1 aliphatic rings. The molecule has 0 radical (unpaired) electrons. The predicted molar refractivity (Wildman–Crippen MR) is 99.3 cm³/mol. The number of hydrogen-bond donors (Lipinski definition) is 0. The summed E-state index contributed by atoms with van der Waals surface area (Å²) in [6.07, 6.45) is 4.60. The molecule has 2 aromatic carbocycles. The number of likely N-dealkylation sites (tertiary alicyclic amines) is 1. The van der Waals surface area contributed by atoms with Gasteiger partial charge in [0.25, 0.3) is 5.56 Å². The molecular formula is C21H22N2O. The molecule has 1 fully saturated rings. The highest BCUT2D eigenvalue weighted by Gasteiger charge is 2.13. The van der Waals surface area contributed by atoms with Crippen molar-refractivity contribution in [3.63, 3.8) is 0 Å². The molecule has 122 valence electrons. The van der Waals surface area contributed by atoms with Crippen LogP contribution in [-0.4, -0.2) is 29.1 Å². The topological polar surface area (TPSA) is 25.2 Å². The van der Waals surface area contributed by atoms with Crippen molar-refractivity contribution in [1.29, 1.82) is 0 Å². The van der Waals surface area contributed by atoms with Gasteiger partial charge in [0.15, 0.2) is 0 Å². The van der Waals surface area contributed by atoms with E-state index in [1.165, 1.54) is 12.8 Å². The number of aromatic nitrogens is 1. The van der Waals surface area contributed by atoms with Crippen LogP contribution in [0.2, 0.25) is 0 Å². The van der Waals surface area contributed by atoms with E-state index in [4.69, 9.17) is 0 Å². The summed E-state index contributed by atoms with van der Waals surface area (Å²) in [7, 11) is 0. The van der Waals surface area contributed by atoms with Gasteiger partial charge in [-0.1, -0.05) is 48.5 Å². The van der Waals surface area contributed by atoms with Gasteiger partial charge in [0.2, 0.25) is 0 Å². The molecular weight excluding hydrogens is 296 g/mol. The van der Waals surface area contributed by atoms with Crippen LogP contribution >= 0.6 is 0 Å². The van der Waals surface area contributed by atoms with Gasteiger partial charge in [-0.15, -0.1) is 0 Å². The Hall–Kier alpha value is -2.39. The van der Waals surface area contributed by atoms with Gasteiger partial charge >= 0.3 is 0 Å². The summed E-state index contributed by atoms with van der Waals surface area (Å²) in [5.41, 5.74) is 2.40. The summed E-state index contributed by atoms with van der Waals surface area (Å²) >= 11 is 0. The van der Waals surface area contributed by atoms with Crippen molar-refractivity contribution in [2.45, 2.75) is 19.4 Å². The minimum atomic E-state index is 0.115. The summed E-state index contributed by atoms with van der Waals surface area (Å²) in [5, 5.41) is 1.84. The summed E-state index contributed by atoms with van der Waals surface area (Å²) in [6, 6.07) is 18.3. The van der Waals surface area contributed by atoms with E-state index < -0.39 is 0 Å². The first-order valence-corrected chi connectivity index (χ1v) is 8.73. The molecule has 3 aromatic rings. The number of benzene rings is 2. The highest BCUT2D eigenvalue weighted by atomic mass is 16.1. The molecule has 1 aliphatic heterocycles. The fourth-order valence-electron chi connectivity index (χ4n) is 3.61. The molecule has 24 heavy (non-hydrogen) atoms. The zero-order valence-corrected chi connectivity index (χ0v) is 13.8. The molecule has 1 saturated heterocycles. The van der Waals surface area contributed by atoms with Crippen LogP contribution in [0.1, 0.15) is 12.8 Å². The van der Waals surface area contributed by atoms with Crippen molar-refractivity contribution >= 4 is 10.8 Å². The molecule has 0 bridgehead atoms. The number of rotatable bonds is 4. The molecule has 0 unspecified atom stereocenters. The van der Waals surface area contributed by atoms with Gasteiger partial charge in [0.05, 0.1) is 0 Å². The van der Waals surface area contributed by atoms with Crippen LogP contribution in [0.25, 0.3) is 21.9 Å². The minimum Gasteiger partial charge on any atom is -0.313 e. The second-order valence-electron chi connectivity index (χ2n) is 6.50. The van der Waals surface area contributed by atoms with Crippen LogP contribution < -0.4 is 5.56 Å². The molecule has 0 spiro atoms. The Morgan fingerprint density at radius 3 is 2.21 bits per heavy atom. The average Bonchev–Trinajstić information content (AvgIpc) is 3.16. The van der Waals surface area contributed by atoms with Crippen molar-refractivity contribution in [2.24, 2.45) is 0 Å². The molecule has 0 amide bonds. The first-order chi connectivity index (χ1) is 11.8. The maximum atomic E-state index is 12.9. The summed E-state index contributed by atoms with van der Waals surface area (Å²) in [4.78, 5) is 15.3. The van der Waals surface area contributed by atoms with Gasteiger partial charge in [0.1, 0.15) is 0 Å². The van der Waals surface area contributed by atoms with E-state index in [1.807, 2.05) is 53.2 Å². The van der Waals surface area contributed by atoms with E-state index in [2.05, 4.69) is 17.0 Å². The smallest absolute Gasteiger partial charge is 0.258 e. The van der Waals surface area contributed by atoms with E-state index in [0.29, 0.717) is 0 Å². The lowest BCUT2D eigenvalue weighted by Crippen LogP contribution is -2.29. The van der Waals surface area contributed by atoms with Gasteiger partial charge < -0.3 is 9.47 Å². The summed E-state index contributed by atoms with van der Waals surface area (Å²) in [5.74, 6) is 0. The highest BCUT2D eigenvalue weighted by Crippen LogP contribution is 2.26. The fourth-order valence-corrected chi connectivity index (χ4v) is 3.61. The predicted octanol–water partition coefficient (Wildman–Crippen LogP) is 3.76. The van der Waals surface area contributed by atoms with Gasteiger partial charge in [0, 0.05) is 30.2 Å². The molecule has 0 saturated carbocycles. The van der Waals surface area contributed by atoms with E-state index in [0.717, 1.165) is 48.1 Å². The van der Waals surface area contributed by atoms with E-state index >= 15 is 0 Å². The highest BCUT2D eigenvalue weighted by molar-refractivity contribution is 5.95. The van der Waals surface area contributed by atoms with E-state index in [-0.39, 0.29) is 5.56 Å². The minimum absolute atomic E-state index is 0.115. The van der Waals surface area contributed by atoms with Gasteiger partial charge in [-0.2, -0.15) is 0 Å². The Morgan fingerprint density at radius 2 is 1.46 bits per heavy atom. The lowest BCUT2D eigenvalue weighted by atomic mass is 10.0. The van der Waals surface area contributed by atoms with Crippen molar-refractivity contribution in [1.82, 2.24) is 9.47 Å². The first-order valence-electron chi connectivity index (χ1n) is 8.73. The van der Waals surface area contributed by atoms with Crippen molar-refractivity contribution in [3.05, 3.63) is 71.1 Å². The third-order valence-corrected chi connectivity index (χ3v) is 4.93. The van der Waals surface area contributed by atoms with Crippen LogP contribution in [0, 0.1) is 0 Å². The SMILES string of the molecule is O=c1c2ccccc2c(-c2ccccc2)cn1CCN1CCCC1. The third kappa shape index (κ3) is 2.87. The van der Waals surface area contributed by atoms with Crippen LogP contribution in [0.15, 0.2) is 65.6 Å². The average molecular weight is 318 g/mol. The zero-order valence-electron chi connectivity index (χ0n) is 13.8. The van der Waals surface area contributed by atoms with Crippen molar-refractivity contribution < 1.29 is 0 Å². The quantitative estimate of drug-likeness (QED) is 0.732. The fraction of sp³-hybridized carbons (Fsp3) is 0.286. The second kappa shape index (κ2) is 6.62. The van der Waals surface area contributed by atoms with Gasteiger partial charge in [-0.25, -0.2) is 0 Å². The maximum Gasteiger partial charge on any atom is 0.258 e. The largest absolute Gasteiger partial charge is 0.313 e. The monoisotopic (exact) mass is 318 g/mol. The number of pyridine rings is 1. The molecule has 0 N–H and O–H groups in total. The molecule has 4 rings (SSSR count). The lowest BCUT2D eigenvalue weighted by Gasteiger charge is -2.17. The molecule has 3 heteroatoms. The Bertz CT molecular complexity index is 893. The van der Waals surface area contributed by atoms with Crippen molar-refractivity contribution in [2.75, 3.05) is 19.6 Å². The standard InChI is InChI=1S/C21H22N2O/c24-21-19-11-5-4-10-18(19)20(17-8-2-1-3-9-17)16-23(21)15-14-22-12-6-7-13-22/h1-5,8-11,16H,6-7,12-15H2. The number of hydrogen-bond acceptors (Lipinski definition) is 2. The van der Waals surface area contributed by atoms with Crippen LogP contribution in [0.3, 0.4) is 0 Å². The Labute approximate surface area is 142 Å². The Morgan fingerprint density at radius 1 is 0.792 bits per heavy atom. The second-order valence-corrected chi connectivity index (χ2v) is 6.50. The Balaban J connectivity index is 1.79. The van der Waals surface area contributed by atoms with Gasteiger partial charge in [-0.05, 0) is 42.9 Å². The maximum absolute atomic E-state index is 12.9. The summed E-state index contributed by atoms with van der Waals surface area (Å²) in [6.45, 7) is 4.03. The summed E-state index contributed by atoms with van der Waals surface area (Å²) < 4.78 is 1.89. The molecule has 2 heterocycles. The molecule has 0 atom stereocenters. The van der Waals surface area contributed by atoms with Crippen molar-refractivity contribution in [3.8, 4) is 11.1 Å². The lowest BCUT2D eigenvalue weighted by molar-refractivity contribution is 0.321. The number of fused-ring (bicyclic) bond motifs is 1. The van der Waals surface area contributed by atoms with E-state index in [9.17, 15) is 4.79 Å². The zero-order chi connectivity index (χ0) is 16.4. The first kappa shape index (κ1) is 15.2.